The summed E-state index contributed by atoms with van der Waals surface area (Å²) >= 11 is 0. The van der Waals surface area contributed by atoms with Crippen molar-refractivity contribution in [2.45, 2.75) is 44.9 Å². The van der Waals surface area contributed by atoms with Crippen molar-refractivity contribution in [1.82, 2.24) is 29.5 Å². The number of ether oxygens (including phenoxy) is 1. The molecule has 0 bridgehead atoms. The molecule has 44 heavy (non-hydrogen) atoms. The number of aromatic carboxylic acids is 1. The van der Waals surface area contributed by atoms with Gasteiger partial charge in [0.05, 0.1) is 34.0 Å². The number of rotatable bonds is 10. The number of aryl methyl sites for hydroxylation is 1. The van der Waals surface area contributed by atoms with Gasteiger partial charge in [-0.1, -0.05) is 47.7 Å². The topological polar surface area (TPSA) is 108 Å². The van der Waals surface area contributed by atoms with E-state index in [0.717, 1.165) is 52.1 Å². The summed E-state index contributed by atoms with van der Waals surface area (Å²) in [6.45, 7) is 2.56. The number of hydrogen-bond acceptors (Lipinski definition) is 6. The lowest BCUT2D eigenvalue weighted by molar-refractivity contribution is 0.0697. The van der Waals surface area contributed by atoms with Gasteiger partial charge < -0.3 is 14.4 Å². The lowest BCUT2D eigenvalue weighted by atomic mass is 10.1. The van der Waals surface area contributed by atoms with Gasteiger partial charge in [0.2, 0.25) is 5.88 Å². The number of fused-ring (bicyclic) bond motifs is 1. The molecule has 220 valence electrons. The molecule has 0 radical (unpaired) electrons. The lowest BCUT2D eigenvalue weighted by Crippen LogP contribution is -2.25. The van der Waals surface area contributed by atoms with Gasteiger partial charge >= 0.3 is 5.97 Å². The number of nitrogens with zero attached hydrogens (tertiary/aromatic N) is 6. The number of benzene rings is 3. The SMILES string of the molecule is Cc1ccc(COc2cccc(-c3ccc(Cc4nc5ccc(C(=O)O)cc5n4CC4(n5ccnn5)CC4)cc3)n2)c(F)c1. The molecule has 10 heteroatoms. The van der Waals surface area contributed by atoms with Crippen LogP contribution in [-0.2, 0) is 25.1 Å². The number of pyridine rings is 1. The van der Waals surface area contributed by atoms with E-state index in [1.165, 1.54) is 6.07 Å². The minimum absolute atomic E-state index is 0.0919. The summed E-state index contributed by atoms with van der Waals surface area (Å²) < 4.78 is 24.1. The molecule has 0 aliphatic heterocycles. The molecule has 1 aliphatic carbocycles. The Hall–Kier alpha value is -5.38. The highest BCUT2D eigenvalue weighted by molar-refractivity contribution is 5.92. The van der Waals surface area contributed by atoms with Crippen molar-refractivity contribution in [3.8, 4) is 17.1 Å². The number of carboxylic acid groups (broad SMARTS) is 1. The van der Waals surface area contributed by atoms with Crippen molar-refractivity contribution in [3.05, 3.63) is 125 Å². The van der Waals surface area contributed by atoms with Crippen molar-refractivity contribution in [1.29, 1.82) is 0 Å². The average Bonchev–Trinajstić information content (AvgIpc) is 3.43. The number of imidazole rings is 1. The zero-order chi connectivity index (χ0) is 30.3. The Balaban J connectivity index is 1.13. The zero-order valence-corrected chi connectivity index (χ0v) is 24.0. The summed E-state index contributed by atoms with van der Waals surface area (Å²) in [5.41, 5.74) is 5.62. The predicted octanol–water partition coefficient (Wildman–Crippen LogP) is 6.19. The molecule has 1 aliphatic rings. The second-order valence-corrected chi connectivity index (χ2v) is 11.3. The van der Waals surface area contributed by atoms with Gasteiger partial charge in [-0.05, 0) is 61.2 Å². The number of hydrogen-bond donors (Lipinski definition) is 1. The Morgan fingerprint density at radius 1 is 1.02 bits per heavy atom. The van der Waals surface area contributed by atoms with Gasteiger partial charge in [-0.25, -0.2) is 23.8 Å². The molecular weight excluding hydrogens is 559 g/mol. The quantitative estimate of drug-likeness (QED) is 0.203. The summed E-state index contributed by atoms with van der Waals surface area (Å²) in [4.78, 5) is 21.3. The fourth-order valence-corrected chi connectivity index (χ4v) is 5.53. The van der Waals surface area contributed by atoms with Crippen LogP contribution in [0, 0.1) is 12.7 Å². The van der Waals surface area contributed by atoms with Crippen LogP contribution in [0.2, 0.25) is 0 Å². The van der Waals surface area contributed by atoms with Crippen molar-refractivity contribution in [2.24, 2.45) is 0 Å². The molecule has 0 spiro atoms. The molecular formula is C34H29FN6O3. The third-order valence-electron chi connectivity index (χ3n) is 8.18. The van der Waals surface area contributed by atoms with E-state index in [9.17, 15) is 14.3 Å². The van der Waals surface area contributed by atoms with E-state index in [2.05, 4.69) is 19.9 Å². The van der Waals surface area contributed by atoms with Crippen LogP contribution < -0.4 is 4.74 Å². The van der Waals surface area contributed by atoms with E-state index in [-0.39, 0.29) is 23.5 Å². The monoisotopic (exact) mass is 588 g/mol. The van der Waals surface area contributed by atoms with E-state index >= 15 is 0 Å². The smallest absolute Gasteiger partial charge is 0.335 e. The van der Waals surface area contributed by atoms with Gasteiger partial charge in [-0.3, -0.25) is 0 Å². The molecule has 3 aromatic heterocycles. The van der Waals surface area contributed by atoms with Gasteiger partial charge in [-0.2, -0.15) is 0 Å². The minimum Gasteiger partial charge on any atom is -0.478 e. The molecule has 3 aromatic carbocycles. The highest BCUT2D eigenvalue weighted by Crippen LogP contribution is 2.45. The second kappa shape index (κ2) is 11.0. The summed E-state index contributed by atoms with van der Waals surface area (Å²) in [5.74, 6) is -0.00110. The third-order valence-corrected chi connectivity index (χ3v) is 8.18. The van der Waals surface area contributed by atoms with E-state index in [1.807, 2.05) is 60.3 Å². The van der Waals surface area contributed by atoms with Gasteiger partial charge in [0.1, 0.15) is 18.2 Å². The first-order chi connectivity index (χ1) is 21.4. The fourth-order valence-electron chi connectivity index (χ4n) is 5.53. The summed E-state index contributed by atoms with van der Waals surface area (Å²) in [6, 6.07) is 23.8. The summed E-state index contributed by atoms with van der Waals surface area (Å²) in [6.07, 6.45) is 6.03. The minimum atomic E-state index is -0.973. The largest absolute Gasteiger partial charge is 0.478 e. The maximum atomic E-state index is 14.2. The number of carbonyl (C=O) groups is 1. The van der Waals surface area contributed by atoms with E-state index in [4.69, 9.17) is 9.72 Å². The normalized spacial score (nSPS) is 13.7. The Morgan fingerprint density at radius 2 is 1.86 bits per heavy atom. The lowest BCUT2D eigenvalue weighted by Gasteiger charge is -2.19. The maximum Gasteiger partial charge on any atom is 0.335 e. The maximum absolute atomic E-state index is 14.2. The van der Waals surface area contributed by atoms with Crippen molar-refractivity contribution in [3.63, 3.8) is 0 Å². The molecule has 0 unspecified atom stereocenters. The molecule has 1 saturated carbocycles. The third kappa shape index (κ3) is 5.42. The van der Waals surface area contributed by atoms with Gasteiger partial charge in [0, 0.05) is 36.4 Å². The molecule has 7 rings (SSSR count). The first kappa shape index (κ1) is 27.5. The summed E-state index contributed by atoms with van der Waals surface area (Å²) in [5, 5.41) is 17.9. The van der Waals surface area contributed by atoms with Crippen LogP contribution in [-0.4, -0.2) is 40.6 Å². The van der Waals surface area contributed by atoms with Crippen LogP contribution >= 0.6 is 0 Å². The average molecular weight is 589 g/mol. The van der Waals surface area contributed by atoms with E-state index in [0.29, 0.717) is 24.4 Å². The number of halogens is 1. The Bertz CT molecular complexity index is 1980. The van der Waals surface area contributed by atoms with Crippen LogP contribution in [0.3, 0.4) is 0 Å². The first-order valence-corrected chi connectivity index (χ1v) is 14.4. The number of carboxylic acids is 1. The molecule has 6 aromatic rings. The number of aromatic nitrogens is 6. The van der Waals surface area contributed by atoms with Crippen LogP contribution in [0.1, 0.15) is 45.7 Å². The second-order valence-electron chi connectivity index (χ2n) is 11.3. The van der Waals surface area contributed by atoms with E-state index in [1.54, 1.807) is 36.5 Å². The highest BCUT2D eigenvalue weighted by atomic mass is 19.1. The van der Waals surface area contributed by atoms with Crippen LogP contribution in [0.5, 0.6) is 5.88 Å². The molecule has 9 nitrogen and oxygen atoms in total. The zero-order valence-electron chi connectivity index (χ0n) is 24.0. The summed E-state index contributed by atoms with van der Waals surface area (Å²) in [7, 11) is 0. The Labute approximate surface area is 252 Å². The highest BCUT2D eigenvalue weighted by Gasteiger charge is 2.46. The standard InChI is InChI=1S/C34H29FN6O3/c1-22-5-8-26(27(35)17-22)20-44-32-4-2-3-28(38-32)24-9-6-23(7-10-24)18-31-37-29-12-11-25(33(42)43)19-30(29)40(31)21-34(13-14-34)41-16-15-36-39-41/h2-12,15-17,19H,13-14,18,20-21H2,1H3,(H,42,43). The molecule has 0 amide bonds. The predicted molar refractivity (Wildman–Crippen MR) is 162 cm³/mol. The van der Waals surface area contributed by atoms with Crippen molar-refractivity contribution < 1.29 is 19.0 Å². The first-order valence-electron chi connectivity index (χ1n) is 14.4. The fraction of sp³-hybridized carbons (Fsp3) is 0.206. The molecule has 1 fully saturated rings. The van der Waals surface area contributed by atoms with E-state index < -0.39 is 5.97 Å². The van der Waals surface area contributed by atoms with Crippen molar-refractivity contribution in [2.75, 3.05) is 0 Å². The van der Waals surface area contributed by atoms with Crippen LogP contribution in [0.4, 0.5) is 4.39 Å². The van der Waals surface area contributed by atoms with Crippen LogP contribution in [0.15, 0.2) is 91.3 Å². The van der Waals surface area contributed by atoms with Gasteiger partial charge in [0.25, 0.3) is 0 Å². The molecule has 3 heterocycles. The van der Waals surface area contributed by atoms with Crippen molar-refractivity contribution >= 4 is 17.0 Å². The Kier molecular flexibility index (Phi) is 6.88. The molecule has 1 N–H and O–H groups in total. The molecule has 0 atom stereocenters. The molecule has 0 saturated heterocycles. The van der Waals surface area contributed by atoms with Gasteiger partial charge in [-0.15, -0.1) is 5.10 Å². The Morgan fingerprint density at radius 3 is 2.59 bits per heavy atom. The van der Waals surface area contributed by atoms with Gasteiger partial charge in [0.15, 0.2) is 0 Å². The van der Waals surface area contributed by atoms with Crippen LogP contribution in [0.25, 0.3) is 22.3 Å².